The molecule has 9 heteroatoms. The van der Waals surface area contributed by atoms with Gasteiger partial charge in [0, 0.05) is 5.56 Å². The van der Waals surface area contributed by atoms with Crippen molar-refractivity contribution in [1.29, 1.82) is 0 Å². The Morgan fingerprint density at radius 2 is 1.77 bits per heavy atom. The molecular weight excluding hydrogens is 516 g/mol. The van der Waals surface area contributed by atoms with E-state index in [4.69, 9.17) is 14.2 Å². The number of rotatable bonds is 7. The minimum Gasteiger partial charge on any atom is -0.507 e. The first-order valence-electron chi connectivity index (χ1n) is 12.4. The van der Waals surface area contributed by atoms with Gasteiger partial charge >= 0.3 is 5.91 Å². The number of nitrogens with zero attached hydrogens (tertiary/aromatic N) is 2. The number of hydrogen-bond donors (Lipinski definition) is 1. The fourth-order valence-electron chi connectivity index (χ4n) is 4.76. The van der Waals surface area contributed by atoms with E-state index in [-0.39, 0.29) is 11.3 Å². The maximum absolute atomic E-state index is 13.6. The van der Waals surface area contributed by atoms with Crippen molar-refractivity contribution in [2.75, 3.05) is 25.7 Å². The van der Waals surface area contributed by atoms with Gasteiger partial charge in [-0.2, -0.15) is 0 Å². The van der Waals surface area contributed by atoms with Gasteiger partial charge in [-0.25, -0.2) is 4.98 Å². The van der Waals surface area contributed by atoms with Crippen LogP contribution < -0.4 is 19.1 Å². The number of anilines is 1. The standard InChI is InChI=1S/C30H28N2O6S/c1-6-38-19-10-11-21-24(15-19)39-30(31-21)32-26(18-9-12-22(36-4)23(14-18)37-5)25(28(34)29(32)35)27(33)20-13-16(2)7-8-17(20)3/h7-15,26,33H,6H2,1-5H3. The third kappa shape index (κ3) is 4.59. The number of aliphatic hydroxyl groups is 1. The Morgan fingerprint density at radius 3 is 2.49 bits per heavy atom. The molecule has 3 aromatic carbocycles. The van der Waals surface area contributed by atoms with Crippen LogP contribution >= 0.6 is 11.3 Å². The van der Waals surface area contributed by atoms with Crippen LogP contribution in [0, 0.1) is 13.8 Å². The van der Waals surface area contributed by atoms with Crippen molar-refractivity contribution in [2.24, 2.45) is 0 Å². The number of benzene rings is 3. The molecule has 0 bridgehead atoms. The van der Waals surface area contributed by atoms with Gasteiger partial charge in [0.2, 0.25) is 0 Å². The fraction of sp³-hybridized carbons (Fsp3) is 0.233. The van der Waals surface area contributed by atoms with Crippen LogP contribution in [0.25, 0.3) is 16.0 Å². The van der Waals surface area contributed by atoms with E-state index in [9.17, 15) is 14.7 Å². The van der Waals surface area contributed by atoms with E-state index in [1.165, 1.54) is 30.5 Å². The van der Waals surface area contributed by atoms with Gasteiger partial charge in [-0.15, -0.1) is 0 Å². The van der Waals surface area contributed by atoms with Gasteiger partial charge in [0.15, 0.2) is 16.6 Å². The number of methoxy groups -OCH3 is 2. The van der Waals surface area contributed by atoms with Gasteiger partial charge in [0.05, 0.1) is 42.7 Å². The van der Waals surface area contributed by atoms with Crippen LogP contribution in [-0.2, 0) is 9.59 Å². The SMILES string of the molecule is CCOc1ccc2nc(N3C(=O)C(=O)C(=C(O)c4cc(C)ccc4C)C3c3ccc(OC)c(OC)c3)sc2c1. The molecule has 1 unspecified atom stereocenters. The molecule has 2 heterocycles. The highest BCUT2D eigenvalue weighted by Crippen LogP contribution is 2.46. The zero-order valence-corrected chi connectivity index (χ0v) is 23.1. The maximum atomic E-state index is 13.6. The number of ether oxygens (including phenoxy) is 3. The minimum absolute atomic E-state index is 0.0184. The third-order valence-electron chi connectivity index (χ3n) is 6.68. The molecule has 1 aliphatic rings. The third-order valence-corrected chi connectivity index (χ3v) is 7.70. The quantitative estimate of drug-likeness (QED) is 0.174. The summed E-state index contributed by atoms with van der Waals surface area (Å²) >= 11 is 1.27. The number of fused-ring (bicyclic) bond motifs is 1. The Bertz CT molecular complexity index is 1640. The number of aromatic nitrogens is 1. The predicted molar refractivity (Wildman–Crippen MR) is 151 cm³/mol. The molecule has 0 aliphatic carbocycles. The summed E-state index contributed by atoms with van der Waals surface area (Å²) in [7, 11) is 3.04. The highest BCUT2D eigenvalue weighted by Gasteiger charge is 2.48. The van der Waals surface area contributed by atoms with E-state index in [0.717, 1.165) is 15.8 Å². The molecule has 1 atom stereocenters. The second kappa shape index (κ2) is 10.4. The highest BCUT2D eigenvalue weighted by atomic mass is 32.1. The van der Waals surface area contributed by atoms with Gasteiger partial charge < -0.3 is 19.3 Å². The molecule has 1 N–H and O–H groups in total. The van der Waals surface area contributed by atoms with Crippen molar-refractivity contribution in [3.8, 4) is 17.2 Å². The fourth-order valence-corrected chi connectivity index (χ4v) is 5.78. The van der Waals surface area contributed by atoms with Crippen LogP contribution in [-0.4, -0.2) is 42.6 Å². The summed E-state index contributed by atoms with van der Waals surface area (Å²) in [5.74, 6) is -0.187. The first kappa shape index (κ1) is 26.2. The molecule has 1 amide bonds. The first-order valence-corrected chi connectivity index (χ1v) is 13.2. The molecule has 5 rings (SSSR count). The van der Waals surface area contributed by atoms with Crippen molar-refractivity contribution in [1.82, 2.24) is 4.98 Å². The average Bonchev–Trinajstić information content (AvgIpc) is 3.47. The normalized spacial score (nSPS) is 16.6. The van der Waals surface area contributed by atoms with Crippen LogP contribution in [0.1, 0.15) is 35.2 Å². The molecular formula is C30H28N2O6S. The van der Waals surface area contributed by atoms with E-state index < -0.39 is 17.7 Å². The van der Waals surface area contributed by atoms with Crippen molar-refractivity contribution >= 4 is 44.1 Å². The molecule has 1 aromatic heterocycles. The summed E-state index contributed by atoms with van der Waals surface area (Å²) < 4.78 is 17.3. The number of hydrogen-bond acceptors (Lipinski definition) is 8. The van der Waals surface area contributed by atoms with Crippen molar-refractivity contribution in [2.45, 2.75) is 26.8 Å². The first-order chi connectivity index (χ1) is 18.8. The number of aliphatic hydroxyl groups excluding tert-OH is 1. The van der Waals surface area contributed by atoms with E-state index >= 15 is 0 Å². The molecule has 8 nitrogen and oxygen atoms in total. The topological polar surface area (TPSA) is 98.2 Å². The summed E-state index contributed by atoms with van der Waals surface area (Å²) in [5, 5.41) is 11.9. The second-order valence-electron chi connectivity index (χ2n) is 9.16. The minimum atomic E-state index is -0.948. The van der Waals surface area contributed by atoms with Crippen LogP contribution in [0.3, 0.4) is 0 Å². The molecule has 0 radical (unpaired) electrons. The number of carbonyl (C=O) groups is 2. The number of aryl methyl sites for hydroxylation is 2. The van der Waals surface area contributed by atoms with Crippen LogP contribution in [0.5, 0.6) is 17.2 Å². The van der Waals surface area contributed by atoms with E-state index in [0.29, 0.717) is 45.6 Å². The zero-order chi connectivity index (χ0) is 27.8. The predicted octanol–water partition coefficient (Wildman–Crippen LogP) is 5.96. The molecule has 0 spiro atoms. The van der Waals surface area contributed by atoms with Gasteiger partial charge in [-0.05, 0) is 68.3 Å². The molecule has 4 aromatic rings. The number of amides is 1. The van der Waals surface area contributed by atoms with Gasteiger partial charge in [0.1, 0.15) is 11.5 Å². The summed E-state index contributed by atoms with van der Waals surface area (Å²) in [6, 6.07) is 15.3. The Kier molecular flexibility index (Phi) is 7.01. The molecule has 200 valence electrons. The number of Topliss-reactive ketones (excluding diaryl/α,β-unsaturated/α-hetero) is 1. The largest absolute Gasteiger partial charge is 0.507 e. The molecule has 1 aliphatic heterocycles. The summed E-state index contributed by atoms with van der Waals surface area (Å²) in [4.78, 5) is 33.3. The zero-order valence-electron chi connectivity index (χ0n) is 22.3. The monoisotopic (exact) mass is 544 g/mol. The lowest BCUT2D eigenvalue weighted by Gasteiger charge is -2.24. The lowest BCUT2D eigenvalue weighted by atomic mass is 9.93. The highest BCUT2D eigenvalue weighted by molar-refractivity contribution is 7.22. The number of carbonyl (C=O) groups excluding carboxylic acids is 2. The van der Waals surface area contributed by atoms with Crippen molar-refractivity contribution in [3.63, 3.8) is 0 Å². The lowest BCUT2D eigenvalue weighted by molar-refractivity contribution is -0.132. The van der Waals surface area contributed by atoms with Gasteiger partial charge in [-0.1, -0.05) is 35.1 Å². The van der Waals surface area contributed by atoms with Crippen LogP contribution in [0.4, 0.5) is 5.13 Å². The lowest BCUT2D eigenvalue weighted by Crippen LogP contribution is -2.29. The van der Waals surface area contributed by atoms with Crippen molar-refractivity contribution in [3.05, 3.63) is 82.4 Å². The molecule has 0 saturated carbocycles. The average molecular weight is 545 g/mol. The van der Waals surface area contributed by atoms with E-state index in [1.54, 1.807) is 24.3 Å². The summed E-state index contributed by atoms with van der Waals surface area (Å²) in [5.41, 5.74) is 3.39. The Balaban J connectivity index is 1.74. The van der Waals surface area contributed by atoms with Crippen LogP contribution in [0.2, 0.25) is 0 Å². The Labute approximate surface area is 230 Å². The maximum Gasteiger partial charge on any atom is 0.301 e. The number of thiazole rings is 1. The molecule has 1 fully saturated rings. The Hall–Kier alpha value is -4.37. The molecule has 1 saturated heterocycles. The van der Waals surface area contributed by atoms with Gasteiger partial charge in [-0.3, -0.25) is 14.5 Å². The second-order valence-corrected chi connectivity index (χ2v) is 10.2. The smallest absolute Gasteiger partial charge is 0.301 e. The summed E-state index contributed by atoms with van der Waals surface area (Å²) in [6.45, 7) is 6.17. The van der Waals surface area contributed by atoms with Crippen molar-refractivity contribution < 1.29 is 28.9 Å². The Morgan fingerprint density at radius 1 is 1.00 bits per heavy atom. The van der Waals surface area contributed by atoms with Gasteiger partial charge in [0.25, 0.3) is 5.78 Å². The summed E-state index contributed by atoms with van der Waals surface area (Å²) in [6.07, 6.45) is 0. The van der Waals surface area contributed by atoms with E-state index in [1.807, 2.05) is 51.1 Å². The van der Waals surface area contributed by atoms with E-state index in [2.05, 4.69) is 4.98 Å². The number of ketones is 1. The molecule has 39 heavy (non-hydrogen) atoms. The van der Waals surface area contributed by atoms with Crippen LogP contribution in [0.15, 0.2) is 60.2 Å².